The van der Waals surface area contributed by atoms with E-state index in [9.17, 15) is 4.39 Å². The summed E-state index contributed by atoms with van der Waals surface area (Å²) in [5, 5.41) is 3.19. The molecule has 21 heavy (non-hydrogen) atoms. The molecule has 4 rings (SSSR count). The van der Waals surface area contributed by atoms with Gasteiger partial charge in [0.25, 0.3) is 0 Å². The molecule has 3 heterocycles. The Balaban J connectivity index is 1.96. The normalized spacial score (nSPS) is 11.1. The molecule has 4 aromatic rings. The predicted octanol–water partition coefficient (Wildman–Crippen LogP) is 3.16. The summed E-state index contributed by atoms with van der Waals surface area (Å²) in [5.41, 5.74) is 2.91. The van der Waals surface area contributed by atoms with E-state index < -0.39 is 0 Å². The minimum absolute atomic E-state index is 0.315. The zero-order valence-corrected chi connectivity index (χ0v) is 10.9. The van der Waals surface area contributed by atoms with Gasteiger partial charge in [-0.25, -0.2) is 14.4 Å². The zero-order valence-electron chi connectivity index (χ0n) is 10.9. The van der Waals surface area contributed by atoms with Crippen LogP contribution in [0.4, 0.5) is 15.9 Å². The molecule has 0 bridgehead atoms. The average molecular weight is 279 g/mol. The van der Waals surface area contributed by atoms with Gasteiger partial charge in [0.05, 0.1) is 11.0 Å². The number of fused-ring (bicyclic) bond motifs is 3. The molecule has 3 aromatic heterocycles. The molecule has 1 aromatic carbocycles. The summed E-state index contributed by atoms with van der Waals surface area (Å²) in [6.07, 6.45) is 6.89. The van der Waals surface area contributed by atoms with Gasteiger partial charge in [-0.05, 0) is 24.3 Å². The number of hydrogen-bond donors (Lipinski definition) is 1. The summed E-state index contributed by atoms with van der Waals surface area (Å²) in [4.78, 5) is 12.8. The molecule has 0 saturated heterocycles. The number of hydrogen-bond acceptors (Lipinski definition) is 4. The van der Waals surface area contributed by atoms with Crippen LogP contribution in [-0.2, 0) is 0 Å². The molecule has 0 fully saturated rings. The molecule has 0 amide bonds. The number of rotatable bonds is 2. The lowest BCUT2D eigenvalue weighted by Crippen LogP contribution is -2.00. The highest BCUT2D eigenvalue weighted by Gasteiger charge is 2.10. The number of aromatic nitrogens is 4. The Labute approximate surface area is 119 Å². The Morgan fingerprint density at radius 3 is 2.76 bits per heavy atom. The second-order valence-corrected chi connectivity index (χ2v) is 4.58. The number of imidazole rings is 1. The first kappa shape index (κ1) is 11.8. The van der Waals surface area contributed by atoms with E-state index in [4.69, 9.17) is 0 Å². The molecule has 0 aliphatic carbocycles. The molecule has 0 aliphatic rings. The molecule has 0 aliphatic heterocycles. The van der Waals surface area contributed by atoms with Crippen LogP contribution in [0, 0.1) is 5.82 Å². The summed E-state index contributed by atoms with van der Waals surface area (Å²) >= 11 is 0. The fourth-order valence-corrected chi connectivity index (χ4v) is 2.29. The van der Waals surface area contributed by atoms with Crippen LogP contribution in [0.15, 0.2) is 55.1 Å². The van der Waals surface area contributed by atoms with Gasteiger partial charge in [0, 0.05) is 36.5 Å². The summed E-state index contributed by atoms with van der Waals surface area (Å²) in [5.74, 6) is 0.258. The van der Waals surface area contributed by atoms with E-state index in [2.05, 4.69) is 20.3 Å². The van der Waals surface area contributed by atoms with Crippen LogP contribution in [0.2, 0.25) is 0 Å². The SMILES string of the molecule is Fc1ccc2c(c1)nc(Nc1ccncc1)c1nccn12. The molecule has 0 unspecified atom stereocenters. The monoisotopic (exact) mass is 279 g/mol. The average Bonchev–Trinajstić information content (AvgIpc) is 2.98. The van der Waals surface area contributed by atoms with Gasteiger partial charge < -0.3 is 5.32 Å². The van der Waals surface area contributed by atoms with Gasteiger partial charge in [-0.1, -0.05) is 0 Å². The standard InChI is InChI=1S/C15H10FN5/c16-10-1-2-13-12(9-10)20-14(15-18-7-8-21(13)15)19-11-3-5-17-6-4-11/h1-9H,(H,17,19,20). The van der Waals surface area contributed by atoms with Gasteiger partial charge in [0.1, 0.15) is 5.82 Å². The van der Waals surface area contributed by atoms with Gasteiger partial charge in [-0.15, -0.1) is 0 Å². The summed E-state index contributed by atoms with van der Waals surface area (Å²) < 4.78 is 15.3. The topological polar surface area (TPSA) is 55.1 Å². The number of halogens is 1. The van der Waals surface area contributed by atoms with Crippen LogP contribution in [0.3, 0.4) is 0 Å². The first-order valence-corrected chi connectivity index (χ1v) is 6.41. The lowest BCUT2D eigenvalue weighted by molar-refractivity contribution is 0.629. The lowest BCUT2D eigenvalue weighted by atomic mass is 10.3. The van der Waals surface area contributed by atoms with E-state index >= 15 is 0 Å². The van der Waals surface area contributed by atoms with Crippen molar-refractivity contribution in [3.05, 3.63) is 60.9 Å². The number of benzene rings is 1. The smallest absolute Gasteiger partial charge is 0.180 e. The van der Waals surface area contributed by atoms with E-state index in [1.807, 2.05) is 22.7 Å². The van der Waals surface area contributed by atoms with E-state index in [0.29, 0.717) is 17.0 Å². The van der Waals surface area contributed by atoms with Crippen molar-refractivity contribution in [1.29, 1.82) is 0 Å². The Morgan fingerprint density at radius 2 is 1.90 bits per heavy atom. The number of nitrogens with zero attached hydrogens (tertiary/aromatic N) is 4. The maximum atomic E-state index is 13.4. The number of nitrogens with one attached hydrogen (secondary N) is 1. The van der Waals surface area contributed by atoms with Gasteiger partial charge in [0.2, 0.25) is 0 Å². The van der Waals surface area contributed by atoms with Crippen LogP contribution in [0.1, 0.15) is 0 Å². The third-order valence-corrected chi connectivity index (χ3v) is 3.22. The minimum atomic E-state index is -0.315. The fraction of sp³-hybridized carbons (Fsp3) is 0. The Hall–Kier alpha value is -3.02. The molecule has 0 radical (unpaired) electrons. The van der Waals surface area contributed by atoms with Crippen molar-refractivity contribution in [2.75, 3.05) is 5.32 Å². The Bertz CT molecular complexity index is 933. The predicted molar refractivity (Wildman–Crippen MR) is 78.0 cm³/mol. The molecular weight excluding hydrogens is 269 g/mol. The van der Waals surface area contributed by atoms with Crippen LogP contribution in [-0.4, -0.2) is 19.4 Å². The highest BCUT2D eigenvalue weighted by atomic mass is 19.1. The van der Waals surface area contributed by atoms with Crippen LogP contribution >= 0.6 is 0 Å². The Kier molecular flexibility index (Phi) is 2.53. The third kappa shape index (κ3) is 1.97. The van der Waals surface area contributed by atoms with Crippen LogP contribution in [0.25, 0.3) is 16.7 Å². The van der Waals surface area contributed by atoms with Crippen molar-refractivity contribution in [3.63, 3.8) is 0 Å². The van der Waals surface area contributed by atoms with Crippen molar-refractivity contribution in [2.24, 2.45) is 0 Å². The summed E-state index contributed by atoms with van der Waals surface area (Å²) in [6, 6.07) is 8.18. The second-order valence-electron chi connectivity index (χ2n) is 4.58. The molecule has 1 N–H and O–H groups in total. The number of anilines is 2. The molecule has 0 atom stereocenters. The fourth-order valence-electron chi connectivity index (χ4n) is 2.29. The molecule has 0 spiro atoms. The first-order valence-electron chi connectivity index (χ1n) is 6.41. The van der Waals surface area contributed by atoms with Crippen molar-refractivity contribution in [3.8, 4) is 0 Å². The van der Waals surface area contributed by atoms with Crippen LogP contribution < -0.4 is 5.32 Å². The quantitative estimate of drug-likeness (QED) is 0.612. The van der Waals surface area contributed by atoms with Gasteiger partial charge >= 0.3 is 0 Å². The highest BCUT2D eigenvalue weighted by molar-refractivity contribution is 5.84. The summed E-state index contributed by atoms with van der Waals surface area (Å²) in [7, 11) is 0. The lowest BCUT2D eigenvalue weighted by Gasteiger charge is -2.09. The van der Waals surface area contributed by atoms with Crippen molar-refractivity contribution in [1.82, 2.24) is 19.4 Å². The van der Waals surface area contributed by atoms with Crippen molar-refractivity contribution < 1.29 is 4.39 Å². The Morgan fingerprint density at radius 1 is 1.05 bits per heavy atom. The summed E-state index contributed by atoms with van der Waals surface area (Å²) in [6.45, 7) is 0. The van der Waals surface area contributed by atoms with Gasteiger partial charge in [-0.3, -0.25) is 9.38 Å². The minimum Gasteiger partial charge on any atom is -0.337 e. The van der Waals surface area contributed by atoms with Gasteiger partial charge in [-0.2, -0.15) is 0 Å². The zero-order chi connectivity index (χ0) is 14.2. The van der Waals surface area contributed by atoms with E-state index in [0.717, 1.165) is 11.2 Å². The van der Waals surface area contributed by atoms with E-state index in [-0.39, 0.29) is 5.82 Å². The van der Waals surface area contributed by atoms with Gasteiger partial charge in [0.15, 0.2) is 11.5 Å². The number of pyridine rings is 1. The van der Waals surface area contributed by atoms with Crippen molar-refractivity contribution in [2.45, 2.75) is 0 Å². The van der Waals surface area contributed by atoms with Crippen LogP contribution in [0.5, 0.6) is 0 Å². The maximum absolute atomic E-state index is 13.4. The van der Waals surface area contributed by atoms with Crippen molar-refractivity contribution >= 4 is 28.2 Å². The largest absolute Gasteiger partial charge is 0.337 e. The van der Waals surface area contributed by atoms with E-state index in [1.54, 1.807) is 24.7 Å². The third-order valence-electron chi connectivity index (χ3n) is 3.22. The molecular formula is C15H10FN5. The molecule has 0 saturated carbocycles. The maximum Gasteiger partial charge on any atom is 0.180 e. The molecule has 102 valence electrons. The van der Waals surface area contributed by atoms with E-state index in [1.165, 1.54) is 12.1 Å². The first-order chi connectivity index (χ1) is 10.3. The molecule has 6 heteroatoms. The second kappa shape index (κ2) is 4.52. The highest BCUT2D eigenvalue weighted by Crippen LogP contribution is 2.23. The molecule has 5 nitrogen and oxygen atoms in total.